The van der Waals surface area contributed by atoms with Gasteiger partial charge in [0.2, 0.25) is 9.84 Å². The van der Waals surface area contributed by atoms with E-state index in [9.17, 15) is 43.5 Å². The highest BCUT2D eigenvalue weighted by Crippen LogP contribution is 2.40. The van der Waals surface area contributed by atoms with E-state index in [-0.39, 0.29) is 0 Å². The van der Waals surface area contributed by atoms with Gasteiger partial charge in [0.05, 0.1) is 0 Å². The molecule has 0 spiro atoms. The van der Waals surface area contributed by atoms with Crippen LogP contribution in [0.1, 0.15) is 0 Å². The zero-order valence-electron chi connectivity index (χ0n) is 6.90. The highest BCUT2D eigenvalue weighted by atomic mass is 32.2. The molecular weight excluding hydrogens is 276 g/mol. The fourth-order valence-corrected chi connectivity index (χ4v) is 1.24. The molecule has 0 saturated heterocycles. The Labute approximate surface area is 83.5 Å². The van der Waals surface area contributed by atoms with Crippen LogP contribution in [0.3, 0.4) is 0 Å². The van der Waals surface area contributed by atoms with Crippen LogP contribution in [0.25, 0.3) is 0 Å². The van der Waals surface area contributed by atoms with Crippen molar-refractivity contribution in [2.75, 3.05) is 0 Å². The van der Waals surface area contributed by atoms with Gasteiger partial charge in [-0.3, -0.25) is 0 Å². The maximum Gasteiger partial charge on any atom is 0.469 e. The minimum Gasteiger partial charge on any atom is -0.218 e. The maximum atomic E-state index is 12.2. The van der Waals surface area contributed by atoms with Gasteiger partial charge in [0.25, 0.3) is 0 Å². The molecule has 0 aliphatic rings. The molecule has 0 rings (SSSR count). The molecule has 0 fully saturated rings. The summed E-state index contributed by atoms with van der Waals surface area (Å²) in [6, 6.07) is 0. The minimum atomic E-state index is -6.48. The summed E-state index contributed by atoms with van der Waals surface area (Å²) in [5, 5.41) is -7.48. The van der Waals surface area contributed by atoms with Gasteiger partial charge in [-0.2, -0.15) is 35.1 Å². The molecule has 0 N–H and O–H groups in total. The molecule has 0 aromatic carbocycles. The first kappa shape index (κ1) is 15.1. The Balaban J connectivity index is 5.34. The third-order valence-electron chi connectivity index (χ3n) is 1.12. The summed E-state index contributed by atoms with van der Waals surface area (Å²) < 4.78 is 114. The first-order chi connectivity index (χ1) is 6.71. The van der Waals surface area contributed by atoms with Gasteiger partial charge in [0.15, 0.2) is 0 Å². The van der Waals surface area contributed by atoms with Gasteiger partial charge in [-0.15, -0.1) is 0 Å². The van der Waals surface area contributed by atoms with Gasteiger partial charge in [0.1, 0.15) is 0 Å². The van der Waals surface area contributed by atoms with E-state index in [2.05, 4.69) is 0 Å². The van der Waals surface area contributed by atoms with Gasteiger partial charge >= 0.3 is 17.6 Å². The molecule has 0 aliphatic carbocycles. The quantitative estimate of drug-likeness (QED) is 0.728. The standard InChI is InChI=1S/C5H2F8O2S/c6-3(7,8)1-2-16(14,15)5(12,13)4(9,10)11/h1-2H/b2-1-. The molecule has 0 aromatic heterocycles. The number of hydrogen-bond donors (Lipinski definition) is 0. The van der Waals surface area contributed by atoms with E-state index in [4.69, 9.17) is 0 Å². The lowest BCUT2D eigenvalue weighted by molar-refractivity contribution is -0.240. The second kappa shape index (κ2) is 3.86. The minimum absolute atomic E-state index is 1.22. The Morgan fingerprint density at radius 3 is 1.44 bits per heavy atom. The molecular formula is C5H2F8O2S. The second-order valence-corrected chi connectivity index (χ2v) is 4.28. The molecule has 0 unspecified atom stereocenters. The van der Waals surface area contributed by atoms with Crippen molar-refractivity contribution in [1.82, 2.24) is 0 Å². The zero-order chi connectivity index (χ0) is 13.4. The van der Waals surface area contributed by atoms with E-state index in [1.54, 1.807) is 0 Å². The molecule has 2 nitrogen and oxygen atoms in total. The summed E-state index contributed by atoms with van der Waals surface area (Å²) >= 11 is 0. The summed E-state index contributed by atoms with van der Waals surface area (Å²) in [5.74, 6) is 0. The number of rotatable bonds is 2. The first-order valence-electron chi connectivity index (χ1n) is 3.16. The monoisotopic (exact) mass is 278 g/mol. The molecule has 0 bridgehead atoms. The number of allylic oxidation sites excluding steroid dienone is 1. The van der Waals surface area contributed by atoms with Crippen LogP contribution in [0.4, 0.5) is 35.1 Å². The van der Waals surface area contributed by atoms with Crippen LogP contribution in [0.15, 0.2) is 11.5 Å². The van der Waals surface area contributed by atoms with Crippen LogP contribution in [0.5, 0.6) is 0 Å². The van der Waals surface area contributed by atoms with E-state index in [0.29, 0.717) is 0 Å². The molecule has 96 valence electrons. The van der Waals surface area contributed by atoms with Gasteiger partial charge in [-0.25, -0.2) is 8.42 Å². The topological polar surface area (TPSA) is 34.1 Å². The normalized spacial score (nSPS) is 15.8. The van der Waals surface area contributed by atoms with E-state index in [1.165, 1.54) is 0 Å². The summed E-state index contributed by atoms with van der Waals surface area (Å²) in [7, 11) is -6.41. The number of alkyl halides is 8. The van der Waals surface area contributed by atoms with Crippen molar-refractivity contribution >= 4 is 9.84 Å². The SMILES string of the molecule is O=S(=O)(/C=C\C(F)(F)F)C(F)(F)C(F)(F)F. The van der Waals surface area contributed by atoms with Crippen molar-refractivity contribution in [3.63, 3.8) is 0 Å². The molecule has 0 saturated carbocycles. The van der Waals surface area contributed by atoms with Crippen molar-refractivity contribution < 1.29 is 43.5 Å². The largest absolute Gasteiger partial charge is 0.469 e. The molecule has 0 aromatic rings. The van der Waals surface area contributed by atoms with E-state index >= 15 is 0 Å². The van der Waals surface area contributed by atoms with Crippen molar-refractivity contribution in [3.05, 3.63) is 11.5 Å². The molecule has 16 heavy (non-hydrogen) atoms. The fraction of sp³-hybridized carbons (Fsp3) is 0.600. The smallest absolute Gasteiger partial charge is 0.218 e. The van der Waals surface area contributed by atoms with Crippen LogP contribution in [-0.4, -0.2) is 26.0 Å². The van der Waals surface area contributed by atoms with E-state index < -0.39 is 38.9 Å². The average Bonchev–Trinajstić information content (AvgIpc) is 1.97. The van der Waals surface area contributed by atoms with Crippen LogP contribution in [0, 0.1) is 0 Å². The predicted molar refractivity (Wildman–Crippen MR) is 35.1 cm³/mol. The summed E-state index contributed by atoms with van der Waals surface area (Å²) in [5.41, 5.74) is 0. The lowest BCUT2D eigenvalue weighted by atomic mass is 10.6. The van der Waals surface area contributed by atoms with Crippen LogP contribution < -0.4 is 0 Å². The van der Waals surface area contributed by atoms with Crippen LogP contribution in [0.2, 0.25) is 0 Å². The molecule has 0 radical (unpaired) electrons. The Morgan fingerprint density at radius 2 is 1.19 bits per heavy atom. The highest BCUT2D eigenvalue weighted by Gasteiger charge is 2.66. The highest BCUT2D eigenvalue weighted by molar-refractivity contribution is 7.95. The lowest BCUT2D eigenvalue weighted by Gasteiger charge is -2.17. The van der Waals surface area contributed by atoms with Gasteiger partial charge in [-0.1, -0.05) is 0 Å². The van der Waals surface area contributed by atoms with Crippen LogP contribution in [-0.2, 0) is 9.84 Å². The molecule has 0 aliphatic heterocycles. The fourth-order valence-electron chi connectivity index (χ4n) is 0.413. The van der Waals surface area contributed by atoms with Gasteiger partial charge in [0, 0.05) is 11.5 Å². The molecule has 0 amide bonds. The maximum absolute atomic E-state index is 12.2. The number of hydrogen-bond acceptors (Lipinski definition) is 2. The third-order valence-corrected chi connectivity index (χ3v) is 2.56. The number of sulfone groups is 1. The van der Waals surface area contributed by atoms with Gasteiger partial charge in [-0.05, 0) is 0 Å². The average molecular weight is 278 g/mol. The summed E-state index contributed by atoms with van der Waals surface area (Å²) in [6.07, 6.45) is -13.0. The zero-order valence-corrected chi connectivity index (χ0v) is 7.72. The van der Waals surface area contributed by atoms with Crippen molar-refractivity contribution in [2.45, 2.75) is 17.6 Å². The summed E-state index contributed by atoms with van der Waals surface area (Å²) in [6.45, 7) is 0. The number of halogens is 8. The Morgan fingerprint density at radius 1 is 0.812 bits per heavy atom. The Kier molecular flexibility index (Phi) is 3.65. The molecule has 11 heteroatoms. The first-order valence-corrected chi connectivity index (χ1v) is 4.70. The van der Waals surface area contributed by atoms with Crippen LogP contribution >= 0.6 is 0 Å². The second-order valence-electron chi connectivity index (χ2n) is 2.40. The van der Waals surface area contributed by atoms with Crippen molar-refractivity contribution in [3.8, 4) is 0 Å². The van der Waals surface area contributed by atoms with Crippen molar-refractivity contribution in [2.24, 2.45) is 0 Å². The Bertz CT molecular complexity index is 372. The van der Waals surface area contributed by atoms with Crippen molar-refractivity contribution in [1.29, 1.82) is 0 Å². The Hall–Kier alpha value is -0.870. The molecule has 0 atom stereocenters. The van der Waals surface area contributed by atoms with Gasteiger partial charge < -0.3 is 0 Å². The van der Waals surface area contributed by atoms with E-state index in [1.807, 2.05) is 0 Å². The predicted octanol–water partition coefficient (Wildman–Crippen LogP) is 2.63. The third kappa shape index (κ3) is 3.32. The lowest BCUT2D eigenvalue weighted by Crippen LogP contribution is -2.43. The summed E-state index contributed by atoms with van der Waals surface area (Å²) in [4.78, 5) is 0. The molecule has 0 heterocycles. The van der Waals surface area contributed by atoms with E-state index in [0.717, 1.165) is 0 Å².